The molecule has 0 spiro atoms. The van der Waals surface area contributed by atoms with Crippen molar-refractivity contribution < 1.29 is 14.3 Å². The molecule has 0 fully saturated rings. The van der Waals surface area contributed by atoms with Gasteiger partial charge in [-0.1, -0.05) is 6.07 Å². The Morgan fingerprint density at radius 2 is 1.86 bits per heavy atom. The number of benzene rings is 2. The van der Waals surface area contributed by atoms with Crippen molar-refractivity contribution in [2.45, 2.75) is 13.0 Å². The van der Waals surface area contributed by atoms with E-state index in [2.05, 4.69) is 10.6 Å². The van der Waals surface area contributed by atoms with Gasteiger partial charge in [-0.3, -0.25) is 4.79 Å². The molecule has 0 aromatic heterocycles. The number of rotatable bonds is 4. The highest BCUT2D eigenvalue weighted by molar-refractivity contribution is 5.94. The number of aromatic hydroxyl groups is 1. The van der Waals surface area contributed by atoms with E-state index in [1.807, 2.05) is 6.92 Å². The molecule has 1 unspecified atom stereocenters. The summed E-state index contributed by atoms with van der Waals surface area (Å²) in [5.74, 6) is -0.713. The lowest BCUT2D eigenvalue weighted by Crippen LogP contribution is -2.17. The molecule has 2 aromatic carbocycles. The summed E-state index contributed by atoms with van der Waals surface area (Å²) in [5.41, 5.74) is 1.80. The van der Waals surface area contributed by atoms with E-state index >= 15 is 0 Å². The van der Waals surface area contributed by atoms with Crippen LogP contribution in [0.2, 0.25) is 0 Å². The van der Waals surface area contributed by atoms with Gasteiger partial charge in [0, 0.05) is 29.9 Å². The molecule has 1 amide bonds. The minimum atomic E-state index is -0.461. The number of carbonyl (C=O) groups is 1. The second-order valence-electron chi connectivity index (χ2n) is 4.73. The molecule has 0 heterocycles. The Kier molecular flexibility index (Phi) is 4.42. The van der Waals surface area contributed by atoms with Gasteiger partial charge in [0.2, 0.25) is 0 Å². The third-order valence-electron chi connectivity index (χ3n) is 3.21. The van der Waals surface area contributed by atoms with Crippen LogP contribution in [0.25, 0.3) is 0 Å². The summed E-state index contributed by atoms with van der Waals surface area (Å²) in [6, 6.07) is 10.7. The Morgan fingerprint density at radius 1 is 1.19 bits per heavy atom. The van der Waals surface area contributed by atoms with E-state index in [4.69, 9.17) is 0 Å². The van der Waals surface area contributed by atoms with Gasteiger partial charge in [-0.25, -0.2) is 4.39 Å². The zero-order valence-electron chi connectivity index (χ0n) is 11.9. The maximum absolute atomic E-state index is 13.8. The van der Waals surface area contributed by atoms with Crippen LogP contribution in [0.15, 0.2) is 42.5 Å². The first-order chi connectivity index (χ1) is 10.0. The van der Waals surface area contributed by atoms with Crippen LogP contribution in [0.4, 0.5) is 10.1 Å². The quantitative estimate of drug-likeness (QED) is 0.810. The number of carbonyl (C=O) groups excluding carboxylic acids is 1. The van der Waals surface area contributed by atoms with Crippen molar-refractivity contribution in [1.82, 2.24) is 5.32 Å². The number of hydrogen-bond acceptors (Lipinski definition) is 3. The van der Waals surface area contributed by atoms with Gasteiger partial charge >= 0.3 is 0 Å². The number of phenols is 1. The third-order valence-corrected chi connectivity index (χ3v) is 3.21. The highest BCUT2D eigenvalue weighted by Crippen LogP contribution is 2.24. The van der Waals surface area contributed by atoms with Gasteiger partial charge in [-0.15, -0.1) is 0 Å². The molecule has 2 aromatic rings. The van der Waals surface area contributed by atoms with Crippen LogP contribution >= 0.6 is 0 Å². The van der Waals surface area contributed by atoms with Gasteiger partial charge in [-0.05, 0) is 37.3 Å². The van der Waals surface area contributed by atoms with Crippen LogP contribution in [-0.4, -0.2) is 18.1 Å². The fraction of sp³-hybridized carbons (Fsp3) is 0.188. The summed E-state index contributed by atoms with van der Waals surface area (Å²) < 4.78 is 13.8. The number of amides is 1. The van der Waals surface area contributed by atoms with Crippen LogP contribution in [0.5, 0.6) is 5.75 Å². The van der Waals surface area contributed by atoms with E-state index in [0.29, 0.717) is 11.1 Å². The first-order valence-electron chi connectivity index (χ1n) is 6.58. The SMILES string of the molecule is CNC(=O)c1ccc(NC(C)c2ccc(O)cc2F)cc1. The van der Waals surface area contributed by atoms with E-state index < -0.39 is 5.82 Å². The van der Waals surface area contributed by atoms with Gasteiger partial charge in [0.05, 0.1) is 6.04 Å². The van der Waals surface area contributed by atoms with Crippen LogP contribution in [0.1, 0.15) is 28.9 Å². The largest absolute Gasteiger partial charge is 0.508 e. The normalized spacial score (nSPS) is 11.8. The second-order valence-corrected chi connectivity index (χ2v) is 4.73. The summed E-state index contributed by atoms with van der Waals surface area (Å²) >= 11 is 0. The number of anilines is 1. The first kappa shape index (κ1) is 14.8. The Bertz CT molecular complexity index is 641. The van der Waals surface area contributed by atoms with Gasteiger partial charge < -0.3 is 15.7 Å². The molecule has 21 heavy (non-hydrogen) atoms. The van der Waals surface area contributed by atoms with E-state index in [-0.39, 0.29) is 17.7 Å². The van der Waals surface area contributed by atoms with Crippen LogP contribution in [0.3, 0.4) is 0 Å². The highest BCUT2D eigenvalue weighted by atomic mass is 19.1. The fourth-order valence-electron chi connectivity index (χ4n) is 2.06. The molecule has 2 rings (SSSR count). The summed E-state index contributed by atoms with van der Waals surface area (Å²) in [6.45, 7) is 1.82. The van der Waals surface area contributed by atoms with E-state index in [0.717, 1.165) is 11.8 Å². The van der Waals surface area contributed by atoms with Crippen molar-refractivity contribution in [2.24, 2.45) is 0 Å². The van der Waals surface area contributed by atoms with Gasteiger partial charge in [0.25, 0.3) is 5.91 Å². The van der Waals surface area contributed by atoms with Crippen molar-refractivity contribution in [3.05, 3.63) is 59.4 Å². The number of hydrogen-bond donors (Lipinski definition) is 3. The molecule has 4 nitrogen and oxygen atoms in total. The maximum Gasteiger partial charge on any atom is 0.251 e. The minimum absolute atomic E-state index is 0.0987. The molecule has 0 saturated heterocycles. The highest BCUT2D eigenvalue weighted by Gasteiger charge is 2.11. The average Bonchev–Trinajstić information content (AvgIpc) is 2.47. The maximum atomic E-state index is 13.8. The molecule has 0 radical (unpaired) electrons. The number of halogens is 1. The van der Waals surface area contributed by atoms with Gasteiger partial charge in [0.1, 0.15) is 11.6 Å². The van der Waals surface area contributed by atoms with Crippen LogP contribution in [0, 0.1) is 5.82 Å². The van der Waals surface area contributed by atoms with E-state index in [1.165, 1.54) is 6.07 Å². The molecule has 110 valence electrons. The zero-order chi connectivity index (χ0) is 15.4. The zero-order valence-corrected chi connectivity index (χ0v) is 11.9. The predicted octanol–water partition coefficient (Wildman–Crippen LogP) is 3.06. The predicted molar refractivity (Wildman–Crippen MR) is 79.9 cm³/mol. The molecule has 1 atom stereocenters. The van der Waals surface area contributed by atoms with Crippen molar-refractivity contribution in [2.75, 3.05) is 12.4 Å². The lowest BCUT2D eigenvalue weighted by molar-refractivity contribution is 0.0963. The van der Waals surface area contributed by atoms with Crippen molar-refractivity contribution in [3.63, 3.8) is 0 Å². The number of nitrogens with one attached hydrogen (secondary N) is 2. The molecule has 3 N–H and O–H groups in total. The molecule has 0 saturated carbocycles. The van der Waals surface area contributed by atoms with Crippen molar-refractivity contribution >= 4 is 11.6 Å². The van der Waals surface area contributed by atoms with E-state index in [1.54, 1.807) is 37.4 Å². The summed E-state index contributed by atoms with van der Waals surface area (Å²) in [4.78, 5) is 11.4. The third kappa shape index (κ3) is 3.51. The minimum Gasteiger partial charge on any atom is -0.508 e. The first-order valence-corrected chi connectivity index (χ1v) is 6.58. The molecular formula is C16H17FN2O2. The van der Waals surface area contributed by atoms with E-state index in [9.17, 15) is 14.3 Å². The molecule has 0 bridgehead atoms. The topological polar surface area (TPSA) is 61.4 Å². The van der Waals surface area contributed by atoms with Gasteiger partial charge in [-0.2, -0.15) is 0 Å². The Morgan fingerprint density at radius 3 is 2.43 bits per heavy atom. The standard InChI is InChI=1S/C16H17FN2O2/c1-10(14-8-7-13(20)9-15(14)17)19-12-5-3-11(4-6-12)16(21)18-2/h3-10,19-20H,1-2H3,(H,18,21). The lowest BCUT2D eigenvalue weighted by Gasteiger charge is -2.16. The van der Waals surface area contributed by atoms with Crippen molar-refractivity contribution in [1.29, 1.82) is 0 Å². The summed E-state index contributed by atoms with van der Waals surface area (Å²) in [5, 5.41) is 14.9. The van der Waals surface area contributed by atoms with Crippen LogP contribution in [-0.2, 0) is 0 Å². The van der Waals surface area contributed by atoms with Crippen LogP contribution < -0.4 is 10.6 Å². The Hall–Kier alpha value is -2.56. The molecular weight excluding hydrogens is 271 g/mol. The second kappa shape index (κ2) is 6.26. The summed E-state index contributed by atoms with van der Waals surface area (Å²) in [6.07, 6.45) is 0. The number of phenolic OH excluding ortho intramolecular Hbond substituents is 1. The Balaban J connectivity index is 2.12. The fourth-order valence-corrected chi connectivity index (χ4v) is 2.06. The average molecular weight is 288 g/mol. The molecule has 0 aliphatic carbocycles. The smallest absolute Gasteiger partial charge is 0.251 e. The van der Waals surface area contributed by atoms with Crippen molar-refractivity contribution in [3.8, 4) is 5.75 Å². The molecule has 0 aliphatic rings. The molecule has 5 heteroatoms. The summed E-state index contributed by atoms with van der Waals surface area (Å²) in [7, 11) is 1.57. The monoisotopic (exact) mass is 288 g/mol. The lowest BCUT2D eigenvalue weighted by atomic mass is 10.1. The Labute approximate surface area is 122 Å². The van der Waals surface area contributed by atoms with Gasteiger partial charge in [0.15, 0.2) is 0 Å². The molecule has 0 aliphatic heterocycles.